The first-order valence-electron chi connectivity index (χ1n) is 4.00. The Hall–Kier alpha value is -1.89. The standard InChI is InChI=1S/C8H6N2O4S/c11-6(12)4-10-8(13)14-7(9-10)5-2-1-3-15-5/h1-3H,4H2,(H,11,12). The summed E-state index contributed by atoms with van der Waals surface area (Å²) in [6.45, 7) is -0.492. The summed E-state index contributed by atoms with van der Waals surface area (Å²) < 4.78 is 5.58. The van der Waals surface area contributed by atoms with Crippen molar-refractivity contribution in [1.82, 2.24) is 9.78 Å². The summed E-state index contributed by atoms with van der Waals surface area (Å²) in [5.41, 5.74) is 0. The van der Waals surface area contributed by atoms with Crippen molar-refractivity contribution in [3.05, 3.63) is 28.1 Å². The Bertz CT molecular complexity index is 525. The lowest BCUT2D eigenvalue weighted by atomic mass is 10.5. The Kier molecular flexibility index (Phi) is 2.38. The molecule has 0 fully saturated rings. The number of carboxylic acids is 1. The van der Waals surface area contributed by atoms with Crippen LogP contribution in [0.4, 0.5) is 0 Å². The zero-order valence-corrected chi connectivity index (χ0v) is 8.23. The van der Waals surface area contributed by atoms with Gasteiger partial charge in [-0.05, 0) is 11.4 Å². The number of carbonyl (C=O) groups is 1. The Morgan fingerprint density at radius 3 is 3.07 bits per heavy atom. The lowest BCUT2D eigenvalue weighted by molar-refractivity contribution is -0.138. The van der Waals surface area contributed by atoms with Crippen molar-refractivity contribution in [3.8, 4) is 10.8 Å². The van der Waals surface area contributed by atoms with Gasteiger partial charge in [-0.25, -0.2) is 4.79 Å². The largest absolute Gasteiger partial charge is 0.480 e. The Morgan fingerprint density at radius 2 is 2.47 bits per heavy atom. The van der Waals surface area contributed by atoms with Gasteiger partial charge in [-0.15, -0.1) is 16.4 Å². The van der Waals surface area contributed by atoms with E-state index >= 15 is 0 Å². The van der Waals surface area contributed by atoms with Crippen molar-refractivity contribution in [2.75, 3.05) is 0 Å². The topological polar surface area (TPSA) is 85.3 Å². The molecule has 2 rings (SSSR count). The van der Waals surface area contributed by atoms with Crippen LogP contribution in [0.1, 0.15) is 0 Å². The van der Waals surface area contributed by atoms with E-state index in [2.05, 4.69) is 5.10 Å². The molecule has 0 radical (unpaired) electrons. The molecule has 0 saturated heterocycles. The van der Waals surface area contributed by atoms with Gasteiger partial charge in [0.1, 0.15) is 6.54 Å². The molecule has 0 aliphatic rings. The lowest BCUT2D eigenvalue weighted by Gasteiger charge is -1.89. The van der Waals surface area contributed by atoms with E-state index in [9.17, 15) is 9.59 Å². The summed E-state index contributed by atoms with van der Waals surface area (Å²) >= 11 is 1.36. The molecule has 0 atom stereocenters. The fourth-order valence-corrected chi connectivity index (χ4v) is 1.68. The minimum atomic E-state index is -1.14. The van der Waals surface area contributed by atoms with Crippen LogP contribution in [0.15, 0.2) is 26.7 Å². The van der Waals surface area contributed by atoms with Gasteiger partial charge < -0.3 is 9.52 Å². The molecular formula is C8H6N2O4S. The van der Waals surface area contributed by atoms with Crippen LogP contribution in [-0.4, -0.2) is 20.9 Å². The highest BCUT2D eigenvalue weighted by Crippen LogP contribution is 2.20. The van der Waals surface area contributed by atoms with Crippen molar-refractivity contribution in [2.24, 2.45) is 0 Å². The Labute approximate surface area is 87.4 Å². The molecular weight excluding hydrogens is 220 g/mol. The molecule has 0 aliphatic carbocycles. The predicted octanol–water partition coefficient (Wildman–Crippen LogP) is 0.649. The Balaban J connectivity index is 2.37. The summed E-state index contributed by atoms with van der Waals surface area (Å²) in [6.07, 6.45) is 0. The molecule has 7 heteroatoms. The fraction of sp³-hybridized carbons (Fsp3) is 0.125. The normalized spacial score (nSPS) is 10.4. The van der Waals surface area contributed by atoms with Crippen LogP contribution in [0.5, 0.6) is 0 Å². The van der Waals surface area contributed by atoms with Gasteiger partial charge >= 0.3 is 11.7 Å². The quantitative estimate of drug-likeness (QED) is 0.830. The maximum Gasteiger partial charge on any atom is 0.437 e. The molecule has 2 heterocycles. The number of thiophene rings is 1. The second-order valence-corrected chi connectivity index (χ2v) is 3.65. The molecule has 6 nitrogen and oxygen atoms in total. The van der Waals surface area contributed by atoms with Gasteiger partial charge in [0, 0.05) is 0 Å². The van der Waals surface area contributed by atoms with E-state index in [1.807, 2.05) is 5.38 Å². The zero-order chi connectivity index (χ0) is 10.8. The second kappa shape index (κ2) is 3.70. The van der Waals surface area contributed by atoms with Gasteiger partial charge in [0.2, 0.25) is 0 Å². The van der Waals surface area contributed by atoms with Crippen LogP contribution in [0, 0.1) is 0 Å². The summed E-state index contributed by atoms with van der Waals surface area (Å²) in [5.74, 6) is -1.75. The first kappa shape index (κ1) is 9.66. The first-order chi connectivity index (χ1) is 7.16. The molecule has 0 bridgehead atoms. The molecule has 0 unspecified atom stereocenters. The van der Waals surface area contributed by atoms with Gasteiger partial charge in [-0.1, -0.05) is 6.07 Å². The number of carboxylic acid groups (broad SMARTS) is 1. The van der Waals surface area contributed by atoms with Crippen LogP contribution in [-0.2, 0) is 11.3 Å². The molecule has 0 aliphatic heterocycles. The number of aromatic nitrogens is 2. The summed E-state index contributed by atoms with van der Waals surface area (Å²) in [4.78, 5) is 22.2. The Morgan fingerprint density at radius 1 is 1.67 bits per heavy atom. The third-order valence-corrected chi connectivity index (χ3v) is 2.48. The van der Waals surface area contributed by atoms with Crippen molar-refractivity contribution < 1.29 is 14.3 Å². The van der Waals surface area contributed by atoms with Crippen LogP contribution < -0.4 is 5.76 Å². The van der Waals surface area contributed by atoms with Gasteiger partial charge in [-0.3, -0.25) is 4.79 Å². The van der Waals surface area contributed by atoms with Crippen LogP contribution in [0.25, 0.3) is 10.8 Å². The minimum absolute atomic E-state index is 0.149. The van der Waals surface area contributed by atoms with Gasteiger partial charge in [-0.2, -0.15) is 4.68 Å². The number of hydrogen-bond donors (Lipinski definition) is 1. The number of aliphatic carboxylic acids is 1. The molecule has 2 aromatic heterocycles. The summed E-state index contributed by atoms with van der Waals surface area (Å²) in [5, 5.41) is 14.1. The number of nitrogens with zero attached hydrogens (tertiary/aromatic N) is 2. The highest BCUT2D eigenvalue weighted by atomic mass is 32.1. The molecule has 0 aromatic carbocycles. The van der Waals surface area contributed by atoms with Crippen LogP contribution >= 0.6 is 11.3 Å². The molecule has 2 aromatic rings. The van der Waals surface area contributed by atoms with Crippen molar-refractivity contribution in [1.29, 1.82) is 0 Å². The molecule has 1 N–H and O–H groups in total. The SMILES string of the molecule is O=C(O)Cn1nc(-c2cccs2)oc1=O. The van der Waals surface area contributed by atoms with Gasteiger partial charge in [0.05, 0.1) is 4.88 Å². The second-order valence-electron chi connectivity index (χ2n) is 2.70. The highest BCUT2D eigenvalue weighted by Gasteiger charge is 2.12. The van der Waals surface area contributed by atoms with E-state index in [1.165, 1.54) is 11.3 Å². The molecule has 15 heavy (non-hydrogen) atoms. The van der Waals surface area contributed by atoms with Crippen molar-refractivity contribution in [2.45, 2.75) is 6.54 Å². The lowest BCUT2D eigenvalue weighted by Crippen LogP contribution is -2.20. The summed E-state index contributed by atoms with van der Waals surface area (Å²) in [6, 6.07) is 3.53. The van der Waals surface area contributed by atoms with Crippen LogP contribution in [0.2, 0.25) is 0 Å². The van der Waals surface area contributed by atoms with E-state index in [1.54, 1.807) is 12.1 Å². The summed E-state index contributed by atoms with van der Waals surface area (Å²) in [7, 11) is 0. The fourth-order valence-electron chi connectivity index (χ4n) is 1.03. The third-order valence-electron chi connectivity index (χ3n) is 1.62. The molecule has 0 saturated carbocycles. The smallest absolute Gasteiger partial charge is 0.437 e. The van der Waals surface area contributed by atoms with Crippen molar-refractivity contribution >= 4 is 17.3 Å². The molecule has 0 amide bonds. The number of hydrogen-bond acceptors (Lipinski definition) is 5. The van der Waals surface area contributed by atoms with E-state index in [0.717, 1.165) is 4.68 Å². The predicted molar refractivity (Wildman–Crippen MR) is 51.7 cm³/mol. The number of rotatable bonds is 3. The molecule has 0 spiro atoms. The van der Waals surface area contributed by atoms with Gasteiger partial charge in [0.15, 0.2) is 0 Å². The van der Waals surface area contributed by atoms with E-state index in [0.29, 0.717) is 4.88 Å². The monoisotopic (exact) mass is 226 g/mol. The maximum atomic E-state index is 11.1. The highest BCUT2D eigenvalue weighted by molar-refractivity contribution is 7.13. The van der Waals surface area contributed by atoms with E-state index < -0.39 is 18.3 Å². The zero-order valence-electron chi connectivity index (χ0n) is 7.41. The minimum Gasteiger partial charge on any atom is -0.480 e. The average molecular weight is 226 g/mol. The van der Waals surface area contributed by atoms with E-state index in [-0.39, 0.29) is 5.89 Å². The van der Waals surface area contributed by atoms with Crippen molar-refractivity contribution in [3.63, 3.8) is 0 Å². The third kappa shape index (κ3) is 1.96. The van der Waals surface area contributed by atoms with Crippen LogP contribution in [0.3, 0.4) is 0 Å². The average Bonchev–Trinajstić information content (AvgIpc) is 2.75. The molecule has 78 valence electrons. The van der Waals surface area contributed by atoms with Gasteiger partial charge in [0.25, 0.3) is 5.89 Å². The maximum absolute atomic E-state index is 11.1. The first-order valence-corrected chi connectivity index (χ1v) is 4.88. The van der Waals surface area contributed by atoms with E-state index in [4.69, 9.17) is 9.52 Å².